The number of amidine groups is 1. The quantitative estimate of drug-likeness (QED) is 0.00847. The van der Waals surface area contributed by atoms with E-state index in [1.165, 1.54) is 18.2 Å². The minimum absolute atomic E-state index is 0.00147. The summed E-state index contributed by atoms with van der Waals surface area (Å²) in [6.07, 6.45) is 1.31. The van der Waals surface area contributed by atoms with Crippen LogP contribution in [0, 0.1) is 5.41 Å². The number of ether oxygens (including phenoxy) is 4. The Labute approximate surface area is 567 Å². The molecule has 0 fully saturated rings. The van der Waals surface area contributed by atoms with E-state index < -0.39 is 35.1 Å². The third kappa shape index (κ3) is 12.8. The lowest BCUT2D eigenvalue weighted by Crippen LogP contribution is -2.34. The van der Waals surface area contributed by atoms with E-state index in [0.717, 1.165) is 44.5 Å². The maximum Gasteiger partial charge on any atom is 0.340 e. The van der Waals surface area contributed by atoms with Gasteiger partial charge in [0.05, 0.1) is 16.7 Å². The highest BCUT2D eigenvalue weighted by atomic mass is 16.5. The van der Waals surface area contributed by atoms with Crippen LogP contribution in [0.25, 0.3) is 43.1 Å². The van der Waals surface area contributed by atoms with Crippen molar-refractivity contribution in [3.8, 4) is 46.0 Å². The summed E-state index contributed by atoms with van der Waals surface area (Å²) in [5.41, 5.74) is 6.56. The zero-order valence-electron chi connectivity index (χ0n) is 55.9. The fourth-order valence-corrected chi connectivity index (χ4v) is 13.5. The van der Waals surface area contributed by atoms with Crippen molar-refractivity contribution in [3.63, 3.8) is 0 Å². The maximum absolute atomic E-state index is 16.8. The number of hydrogen-bond acceptors (Lipinski definition) is 13. The fraction of sp³-hybridized carbons (Fsp3) is 0.247. The molecule has 12 rings (SSSR count). The van der Waals surface area contributed by atoms with Gasteiger partial charge >= 0.3 is 5.97 Å². The topological polar surface area (TPSA) is 266 Å². The number of imide groups is 1. The number of carboxylic acids is 1. The van der Waals surface area contributed by atoms with Crippen molar-refractivity contribution in [2.75, 3.05) is 37.1 Å². The summed E-state index contributed by atoms with van der Waals surface area (Å²) in [5.74, 6) is -4.07. The Hall–Kier alpha value is -10.7. The van der Waals surface area contributed by atoms with Crippen molar-refractivity contribution in [2.24, 2.45) is 0 Å². The van der Waals surface area contributed by atoms with Crippen molar-refractivity contribution in [3.05, 3.63) is 224 Å². The summed E-state index contributed by atoms with van der Waals surface area (Å²) < 4.78 is 28.8. The van der Waals surface area contributed by atoms with E-state index in [-0.39, 0.29) is 161 Å². The molecule has 98 heavy (non-hydrogen) atoms. The van der Waals surface area contributed by atoms with Gasteiger partial charge in [-0.25, -0.2) is 4.79 Å². The Balaban J connectivity index is 1.37. The first kappa shape index (κ1) is 67.3. The minimum Gasteiger partial charge on any atom is -0.478 e. The van der Waals surface area contributed by atoms with Gasteiger partial charge in [0.15, 0.2) is 5.75 Å². The zero-order valence-corrected chi connectivity index (χ0v) is 55.9. The number of carbonyl (C=O) groups excluding carboxylic acids is 3. The van der Waals surface area contributed by atoms with Gasteiger partial charge in [-0.15, -0.1) is 0 Å². The van der Waals surface area contributed by atoms with Gasteiger partial charge in [-0.2, -0.15) is 0 Å². The van der Waals surface area contributed by atoms with Gasteiger partial charge in [0.25, 0.3) is 17.7 Å². The van der Waals surface area contributed by atoms with E-state index in [1.54, 1.807) is 97.1 Å². The molecule has 0 radical (unpaired) electrons. The summed E-state index contributed by atoms with van der Waals surface area (Å²) in [6.45, 7) is 15.7. The summed E-state index contributed by atoms with van der Waals surface area (Å²) in [5, 5.41) is 73.6. The monoisotopic (exact) mass is 1310 g/mol. The standard InChI is InChI=1S/C81H78N4O13/c1-42(2)54-11-9-12-55(43(3)4)74(54)83-77(82)72-65-60(78(90)84-75-56(44(5)6)13-10-14-57(75)45(7)8)41-62(96-51-25-17-47(18-26-51)32-36-87)67-66-61(95-50-23-15-46(16-24-50)31-35-86)39-58-64-59(80(92)85-79(58)91)40-63(97-52-27-19-48(20-28-52)33-37-88)68(69(64)66)71(70(65)67)76(73(72)81(93)94)98-53-29-21-49(22-30-53)34-38-89/h9-30,39-45,86-89H,31-38H2,1-8H3,(H2,82,83)(H,84,90)(H,93,94)(H,85,91,92). The molecule has 17 heteroatoms. The number of aliphatic hydroxyl groups is 4. The van der Waals surface area contributed by atoms with Crippen molar-refractivity contribution in [1.29, 1.82) is 5.41 Å². The first-order valence-corrected chi connectivity index (χ1v) is 33.1. The number of para-hydroxylation sites is 2. The first-order valence-electron chi connectivity index (χ1n) is 33.1. The molecule has 3 amide bonds. The molecular formula is C81H78N4O13. The molecular weight excluding hydrogens is 1240 g/mol. The molecule has 9 N–H and O–H groups in total. The lowest BCUT2D eigenvalue weighted by molar-refractivity contribution is 0.0692. The minimum atomic E-state index is -1.57. The van der Waals surface area contributed by atoms with E-state index in [4.69, 9.17) is 18.9 Å². The largest absolute Gasteiger partial charge is 0.478 e. The van der Waals surface area contributed by atoms with Crippen LogP contribution in [0.15, 0.2) is 152 Å². The molecule has 0 aromatic heterocycles. The van der Waals surface area contributed by atoms with Gasteiger partial charge < -0.3 is 55.1 Å². The van der Waals surface area contributed by atoms with E-state index in [1.807, 2.05) is 91.8 Å². The molecule has 0 spiro atoms. The molecule has 1 heterocycles. The molecule has 1 aliphatic rings. The van der Waals surface area contributed by atoms with E-state index in [9.17, 15) is 40.5 Å². The smallest absolute Gasteiger partial charge is 0.340 e. The van der Waals surface area contributed by atoms with Crippen LogP contribution in [0.3, 0.4) is 0 Å². The van der Waals surface area contributed by atoms with Crippen LogP contribution in [0.4, 0.5) is 11.4 Å². The molecule has 1 aliphatic heterocycles. The van der Waals surface area contributed by atoms with Gasteiger partial charge in [-0.1, -0.05) is 140 Å². The van der Waals surface area contributed by atoms with E-state index in [2.05, 4.69) is 16.0 Å². The number of nitrogens with one attached hydrogen (secondary N) is 4. The van der Waals surface area contributed by atoms with Crippen molar-refractivity contribution >= 4 is 84.0 Å². The Kier molecular flexibility index (Phi) is 19.3. The molecule has 11 aromatic carbocycles. The van der Waals surface area contributed by atoms with Crippen LogP contribution in [0.5, 0.6) is 46.0 Å². The SMILES string of the molecule is CC(C)c1cccc(C(C)C)c1NC(=N)c1c(C(=O)O)c(Oc2ccc(CCO)cc2)c2c3c(Oc4ccc(CCO)cc4)cc4c5c(cc(Oc6ccc(CCO)cc6)c(c6c(Oc7ccc(CCO)cc7)cc(C(=O)Nc7c(C(C)C)cccc7C(C)C)c1c62)c53)C(=O)NC4=O. The molecule has 0 saturated heterocycles. The predicted octanol–water partition coefficient (Wildman–Crippen LogP) is 16.8. The molecule has 0 aliphatic carbocycles. The Morgan fingerprint density at radius 2 is 0.755 bits per heavy atom. The lowest BCUT2D eigenvalue weighted by atomic mass is 9.80. The second kappa shape index (κ2) is 28.2. The normalized spacial score (nSPS) is 12.2. The summed E-state index contributed by atoms with van der Waals surface area (Å²) in [6, 6.07) is 44.1. The van der Waals surface area contributed by atoms with Crippen molar-refractivity contribution in [2.45, 2.75) is 105 Å². The van der Waals surface area contributed by atoms with Gasteiger partial charge in [0, 0.05) is 86.5 Å². The van der Waals surface area contributed by atoms with Crippen LogP contribution < -0.4 is 34.9 Å². The number of anilines is 2. The van der Waals surface area contributed by atoms with Gasteiger partial charge in [-0.3, -0.25) is 25.1 Å². The molecule has 0 saturated carbocycles. The number of amides is 3. The summed E-state index contributed by atoms with van der Waals surface area (Å²) >= 11 is 0. The lowest BCUT2D eigenvalue weighted by Gasteiger charge is -2.29. The first-order chi connectivity index (χ1) is 47.2. The third-order valence-corrected chi connectivity index (χ3v) is 18.2. The number of fused-ring (bicyclic) bond motifs is 2. The zero-order chi connectivity index (χ0) is 69.4. The number of hydrogen-bond donors (Lipinski definition) is 9. The van der Waals surface area contributed by atoms with E-state index >= 15 is 9.59 Å². The third-order valence-electron chi connectivity index (χ3n) is 18.2. The van der Waals surface area contributed by atoms with Crippen molar-refractivity contribution in [1.82, 2.24) is 5.32 Å². The van der Waals surface area contributed by atoms with Gasteiger partial charge in [0.1, 0.15) is 51.6 Å². The number of aromatic carboxylic acids is 1. The molecule has 11 aromatic rings. The number of aliphatic hydroxyl groups excluding tert-OH is 4. The maximum atomic E-state index is 16.8. The summed E-state index contributed by atoms with van der Waals surface area (Å²) in [4.78, 5) is 61.9. The van der Waals surface area contributed by atoms with Crippen LogP contribution in [-0.4, -0.2) is 81.5 Å². The average molecular weight is 1320 g/mol. The Bertz CT molecular complexity index is 4850. The van der Waals surface area contributed by atoms with Crippen LogP contribution >= 0.6 is 0 Å². The van der Waals surface area contributed by atoms with Gasteiger partial charge in [0.2, 0.25) is 0 Å². The molecule has 0 bridgehead atoms. The number of rotatable bonds is 25. The van der Waals surface area contributed by atoms with Crippen LogP contribution in [0.1, 0.15) is 171 Å². The molecule has 0 atom stereocenters. The van der Waals surface area contributed by atoms with Crippen molar-refractivity contribution < 1.29 is 63.7 Å². The Morgan fingerprint density at radius 3 is 1.11 bits per heavy atom. The number of carbonyl (C=O) groups is 4. The number of carboxylic acid groups (broad SMARTS) is 1. The molecule has 500 valence electrons. The second-order valence-electron chi connectivity index (χ2n) is 26.0. The summed E-state index contributed by atoms with van der Waals surface area (Å²) in [7, 11) is 0. The predicted molar refractivity (Wildman–Crippen MR) is 383 cm³/mol. The number of benzene rings is 11. The highest BCUT2D eigenvalue weighted by molar-refractivity contribution is 6.45. The fourth-order valence-electron chi connectivity index (χ4n) is 13.5. The van der Waals surface area contributed by atoms with Crippen LogP contribution in [-0.2, 0) is 25.7 Å². The highest BCUT2D eigenvalue weighted by Gasteiger charge is 2.39. The molecule has 0 unspecified atom stereocenters. The average Bonchev–Trinajstić information content (AvgIpc) is 0.673. The molecule has 17 nitrogen and oxygen atoms in total. The Morgan fingerprint density at radius 1 is 0.418 bits per heavy atom. The van der Waals surface area contributed by atoms with E-state index in [0.29, 0.717) is 37.1 Å². The van der Waals surface area contributed by atoms with Crippen LogP contribution in [0.2, 0.25) is 0 Å². The highest BCUT2D eigenvalue weighted by Crippen LogP contribution is 2.58. The van der Waals surface area contributed by atoms with Gasteiger partial charge in [-0.05, 0) is 161 Å². The second-order valence-corrected chi connectivity index (χ2v) is 26.0.